The molecule has 0 N–H and O–H groups in total. The quantitative estimate of drug-likeness (QED) is 0.707. The van der Waals surface area contributed by atoms with Gasteiger partial charge in [0, 0.05) is 12.3 Å². The van der Waals surface area contributed by atoms with E-state index in [1.807, 2.05) is 18.2 Å². The van der Waals surface area contributed by atoms with E-state index < -0.39 is 5.95 Å². The van der Waals surface area contributed by atoms with Gasteiger partial charge in [-0.3, -0.25) is 0 Å². The lowest BCUT2D eigenvalue weighted by molar-refractivity contribution is 0.572. The predicted molar refractivity (Wildman–Crippen MR) is 50.4 cm³/mol. The summed E-state index contributed by atoms with van der Waals surface area (Å²) in [6.45, 7) is 0. The second-order valence-corrected chi connectivity index (χ2v) is 3.49. The van der Waals surface area contributed by atoms with Crippen LogP contribution in [-0.2, 0) is 0 Å². The molecule has 0 unspecified atom stereocenters. The number of rotatable bonds is 2. The Balaban J connectivity index is 2.19. The lowest BCUT2D eigenvalue weighted by Gasteiger charge is -1.97. The Labute approximate surface area is 84.4 Å². The minimum atomic E-state index is -0.529. The Kier molecular flexibility index (Phi) is 2.69. The van der Waals surface area contributed by atoms with Crippen LogP contribution >= 0.6 is 11.8 Å². The summed E-state index contributed by atoms with van der Waals surface area (Å²) in [6.07, 6.45) is 2.88. The van der Waals surface area contributed by atoms with Crippen LogP contribution in [0.25, 0.3) is 0 Å². The van der Waals surface area contributed by atoms with E-state index in [-0.39, 0.29) is 0 Å². The van der Waals surface area contributed by atoms with Gasteiger partial charge in [0.25, 0.3) is 0 Å². The van der Waals surface area contributed by atoms with Crippen LogP contribution in [0.2, 0.25) is 0 Å². The van der Waals surface area contributed by atoms with Crippen molar-refractivity contribution in [2.75, 3.05) is 0 Å². The second kappa shape index (κ2) is 4.15. The summed E-state index contributed by atoms with van der Waals surface area (Å²) in [7, 11) is 0. The number of hydrogen-bond acceptors (Lipinski definition) is 4. The highest BCUT2D eigenvalue weighted by Gasteiger charge is 2.00. The van der Waals surface area contributed by atoms with E-state index in [9.17, 15) is 4.39 Å². The Morgan fingerprint density at radius 1 is 1.07 bits per heavy atom. The number of pyridine rings is 1. The Hall–Kier alpha value is -1.49. The lowest BCUT2D eigenvalue weighted by Crippen LogP contribution is -1.87. The monoisotopic (exact) mass is 207 g/mol. The second-order valence-electron chi connectivity index (χ2n) is 2.45. The molecule has 14 heavy (non-hydrogen) atoms. The average molecular weight is 207 g/mol. The van der Waals surface area contributed by atoms with Gasteiger partial charge < -0.3 is 0 Å². The molecule has 0 aliphatic heterocycles. The molecule has 3 nitrogen and oxygen atoms in total. The molecule has 2 aromatic heterocycles. The molecule has 0 saturated carbocycles. The molecule has 70 valence electrons. The molecule has 0 aromatic carbocycles. The molecule has 2 rings (SSSR count). The third-order valence-corrected chi connectivity index (χ3v) is 2.34. The Morgan fingerprint density at radius 2 is 2.00 bits per heavy atom. The first-order valence-electron chi connectivity index (χ1n) is 3.91. The van der Waals surface area contributed by atoms with Crippen LogP contribution in [-0.4, -0.2) is 15.0 Å². The Morgan fingerprint density at radius 3 is 2.71 bits per heavy atom. The average Bonchev–Trinajstić information content (AvgIpc) is 2.19. The van der Waals surface area contributed by atoms with E-state index >= 15 is 0 Å². The van der Waals surface area contributed by atoms with Crippen LogP contribution in [0.15, 0.2) is 46.8 Å². The minimum absolute atomic E-state index is 0.529. The number of hydrogen-bond donors (Lipinski definition) is 0. The third kappa shape index (κ3) is 2.26. The van der Waals surface area contributed by atoms with Gasteiger partial charge in [-0.05, 0) is 23.9 Å². The van der Waals surface area contributed by atoms with Crippen molar-refractivity contribution in [1.29, 1.82) is 0 Å². The van der Waals surface area contributed by atoms with Gasteiger partial charge in [0.1, 0.15) is 16.4 Å². The van der Waals surface area contributed by atoms with E-state index in [1.54, 1.807) is 6.20 Å². The highest BCUT2D eigenvalue weighted by molar-refractivity contribution is 7.99. The highest BCUT2D eigenvalue weighted by atomic mass is 32.2. The summed E-state index contributed by atoms with van der Waals surface area (Å²) in [4.78, 5) is 11.4. The summed E-state index contributed by atoms with van der Waals surface area (Å²) < 4.78 is 12.7. The van der Waals surface area contributed by atoms with E-state index in [4.69, 9.17) is 0 Å². The van der Waals surface area contributed by atoms with Crippen LogP contribution in [0.1, 0.15) is 0 Å². The van der Waals surface area contributed by atoms with Gasteiger partial charge >= 0.3 is 0 Å². The van der Waals surface area contributed by atoms with Crippen molar-refractivity contribution in [3.8, 4) is 0 Å². The molecule has 2 heterocycles. The SMILES string of the molecule is Fc1cc(Sc2ccccn2)ncn1. The summed E-state index contributed by atoms with van der Waals surface area (Å²) >= 11 is 1.30. The van der Waals surface area contributed by atoms with Crippen LogP contribution in [0, 0.1) is 5.95 Å². The van der Waals surface area contributed by atoms with E-state index in [0.717, 1.165) is 5.03 Å². The fraction of sp³-hybridized carbons (Fsp3) is 0. The van der Waals surface area contributed by atoms with Crippen molar-refractivity contribution in [3.05, 3.63) is 42.7 Å². The summed E-state index contributed by atoms with van der Waals surface area (Å²) in [5.74, 6) is -0.529. The maximum atomic E-state index is 12.7. The van der Waals surface area contributed by atoms with Crippen LogP contribution in [0.4, 0.5) is 4.39 Å². The fourth-order valence-corrected chi connectivity index (χ4v) is 1.62. The van der Waals surface area contributed by atoms with Gasteiger partial charge in [0.2, 0.25) is 5.95 Å². The Bertz CT molecular complexity index is 421. The van der Waals surface area contributed by atoms with Crippen LogP contribution in [0.3, 0.4) is 0 Å². The van der Waals surface area contributed by atoms with Crippen molar-refractivity contribution < 1.29 is 4.39 Å². The van der Waals surface area contributed by atoms with Gasteiger partial charge in [0.05, 0.1) is 0 Å². The molecule has 5 heteroatoms. The topological polar surface area (TPSA) is 38.7 Å². The van der Waals surface area contributed by atoms with Crippen molar-refractivity contribution in [3.63, 3.8) is 0 Å². The summed E-state index contributed by atoms with van der Waals surface area (Å²) in [5.41, 5.74) is 0. The molecule has 0 aliphatic carbocycles. The number of nitrogens with zero attached hydrogens (tertiary/aromatic N) is 3. The normalized spacial score (nSPS) is 10.1. The van der Waals surface area contributed by atoms with E-state index in [1.165, 1.54) is 24.2 Å². The summed E-state index contributed by atoms with van der Waals surface area (Å²) in [6, 6.07) is 6.81. The molecule has 0 aliphatic rings. The van der Waals surface area contributed by atoms with Crippen LogP contribution < -0.4 is 0 Å². The first kappa shape index (κ1) is 9.08. The highest BCUT2D eigenvalue weighted by Crippen LogP contribution is 2.22. The van der Waals surface area contributed by atoms with E-state index in [0.29, 0.717) is 5.03 Å². The molecule has 0 amide bonds. The fourth-order valence-electron chi connectivity index (χ4n) is 0.888. The van der Waals surface area contributed by atoms with E-state index in [2.05, 4.69) is 15.0 Å². The van der Waals surface area contributed by atoms with Gasteiger partial charge in [-0.2, -0.15) is 4.39 Å². The molecule has 0 saturated heterocycles. The van der Waals surface area contributed by atoms with Crippen molar-refractivity contribution in [2.45, 2.75) is 10.1 Å². The smallest absolute Gasteiger partial charge is 0.217 e. The first-order chi connectivity index (χ1) is 6.84. The zero-order chi connectivity index (χ0) is 9.80. The zero-order valence-corrected chi connectivity index (χ0v) is 7.91. The van der Waals surface area contributed by atoms with Gasteiger partial charge in [-0.15, -0.1) is 0 Å². The molecular formula is C9H6FN3S. The van der Waals surface area contributed by atoms with Gasteiger partial charge in [-0.1, -0.05) is 6.07 Å². The van der Waals surface area contributed by atoms with Crippen molar-refractivity contribution in [1.82, 2.24) is 15.0 Å². The lowest BCUT2D eigenvalue weighted by atomic mass is 10.5. The first-order valence-corrected chi connectivity index (χ1v) is 4.73. The maximum absolute atomic E-state index is 12.7. The summed E-state index contributed by atoms with van der Waals surface area (Å²) in [5, 5.41) is 1.34. The van der Waals surface area contributed by atoms with Crippen molar-refractivity contribution >= 4 is 11.8 Å². The third-order valence-electron chi connectivity index (χ3n) is 1.46. The van der Waals surface area contributed by atoms with Crippen LogP contribution in [0.5, 0.6) is 0 Å². The largest absolute Gasteiger partial charge is 0.250 e. The molecular weight excluding hydrogens is 201 g/mol. The molecule has 0 atom stereocenters. The predicted octanol–water partition coefficient (Wildman–Crippen LogP) is 2.16. The molecule has 0 radical (unpaired) electrons. The molecule has 0 fully saturated rings. The standard InChI is InChI=1S/C9H6FN3S/c10-7-5-9(13-6-12-7)14-8-3-1-2-4-11-8/h1-6H. The minimum Gasteiger partial charge on any atom is -0.250 e. The van der Waals surface area contributed by atoms with Gasteiger partial charge in [0.15, 0.2) is 0 Å². The maximum Gasteiger partial charge on any atom is 0.217 e. The molecule has 0 bridgehead atoms. The van der Waals surface area contributed by atoms with Gasteiger partial charge in [-0.25, -0.2) is 15.0 Å². The number of aromatic nitrogens is 3. The molecule has 0 spiro atoms. The zero-order valence-electron chi connectivity index (χ0n) is 7.09. The van der Waals surface area contributed by atoms with Crippen molar-refractivity contribution in [2.24, 2.45) is 0 Å². The number of halogens is 1. The molecule has 2 aromatic rings.